The highest BCUT2D eigenvalue weighted by atomic mass is 16.6. The van der Waals surface area contributed by atoms with Gasteiger partial charge in [-0.2, -0.15) is 0 Å². The summed E-state index contributed by atoms with van der Waals surface area (Å²) in [6.07, 6.45) is 60.3. The summed E-state index contributed by atoms with van der Waals surface area (Å²) in [5.41, 5.74) is 0. The number of rotatable bonds is 51. The van der Waals surface area contributed by atoms with E-state index in [4.69, 9.17) is 14.2 Å². The lowest BCUT2D eigenvalue weighted by Gasteiger charge is -2.18. The molecule has 0 aromatic carbocycles. The summed E-state index contributed by atoms with van der Waals surface area (Å²) >= 11 is 0. The van der Waals surface area contributed by atoms with E-state index in [0.29, 0.717) is 19.3 Å². The average Bonchev–Trinajstić information content (AvgIpc) is 3.28. The van der Waals surface area contributed by atoms with Crippen LogP contribution in [0.1, 0.15) is 303 Å². The number of hydrogen-bond donors (Lipinski definition) is 0. The number of allylic oxidation sites excluding steroid dienone is 4. The molecule has 0 radical (unpaired) electrons. The molecule has 0 spiro atoms. The van der Waals surface area contributed by atoms with E-state index < -0.39 is 6.10 Å². The highest BCUT2D eigenvalue weighted by Gasteiger charge is 2.19. The molecule has 0 bridgehead atoms. The minimum atomic E-state index is -0.770. The Kier molecular flexibility index (Phi) is 50.8. The SMILES string of the molecule is CCCCCCCCC/C=C\CCCCCCCCCC(=O)OCC(COC(=O)CCCCCCCCCCC)OC(=O)CCCCCCCCC/C=C\CCCCCCCCC. The smallest absolute Gasteiger partial charge is 0.306 e. The third-order valence-corrected chi connectivity index (χ3v) is 12.4. The molecule has 6 nitrogen and oxygen atoms in total. The second-order valence-electron chi connectivity index (χ2n) is 18.8. The first-order valence-electron chi connectivity index (χ1n) is 27.8. The van der Waals surface area contributed by atoms with Crippen molar-refractivity contribution in [3.63, 3.8) is 0 Å². The topological polar surface area (TPSA) is 78.9 Å². The monoisotopic (exact) mass is 887 g/mol. The van der Waals surface area contributed by atoms with Gasteiger partial charge in [-0.05, 0) is 70.6 Å². The van der Waals surface area contributed by atoms with Gasteiger partial charge in [0, 0.05) is 19.3 Å². The van der Waals surface area contributed by atoms with E-state index in [-0.39, 0.29) is 31.1 Å². The van der Waals surface area contributed by atoms with Crippen LogP contribution in [0.25, 0.3) is 0 Å². The van der Waals surface area contributed by atoms with Crippen LogP contribution >= 0.6 is 0 Å². The maximum atomic E-state index is 12.8. The van der Waals surface area contributed by atoms with E-state index >= 15 is 0 Å². The highest BCUT2D eigenvalue weighted by Crippen LogP contribution is 2.16. The molecule has 0 aromatic heterocycles. The summed E-state index contributed by atoms with van der Waals surface area (Å²) in [6.45, 7) is 6.64. The van der Waals surface area contributed by atoms with Gasteiger partial charge < -0.3 is 14.2 Å². The first-order chi connectivity index (χ1) is 31.0. The highest BCUT2D eigenvalue weighted by molar-refractivity contribution is 5.71. The molecule has 63 heavy (non-hydrogen) atoms. The van der Waals surface area contributed by atoms with Gasteiger partial charge in [0.15, 0.2) is 6.10 Å². The predicted octanol–water partition coefficient (Wildman–Crippen LogP) is 18.3. The molecular formula is C57H106O6. The number of carbonyl (C=O) groups excluding carboxylic acids is 3. The molecule has 0 aliphatic carbocycles. The summed E-state index contributed by atoms with van der Waals surface area (Å²) in [5, 5.41) is 0. The molecule has 0 aliphatic heterocycles. The maximum Gasteiger partial charge on any atom is 0.306 e. The first kappa shape index (κ1) is 60.9. The molecule has 0 aromatic rings. The summed E-state index contributed by atoms with van der Waals surface area (Å²) < 4.78 is 16.8. The number of esters is 3. The fraction of sp³-hybridized carbons (Fsp3) is 0.877. The van der Waals surface area contributed by atoms with Crippen molar-refractivity contribution in [2.24, 2.45) is 0 Å². The van der Waals surface area contributed by atoms with E-state index in [1.165, 1.54) is 205 Å². The van der Waals surface area contributed by atoms with E-state index in [1.54, 1.807) is 0 Å². The minimum absolute atomic E-state index is 0.0709. The van der Waals surface area contributed by atoms with Gasteiger partial charge in [0.05, 0.1) is 0 Å². The number of carbonyl (C=O) groups is 3. The van der Waals surface area contributed by atoms with Crippen LogP contribution in [0, 0.1) is 0 Å². The summed E-state index contributed by atoms with van der Waals surface area (Å²) in [4.78, 5) is 38.0. The molecule has 6 heteroatoms. The zero-order valence-corrected chi connectivity index (χ0v) is 42.4. The van der Waals surface area contributed by atoms with Gasteiger partial charge in [0.1, 0.15) is 13.2 Å². The molecule has 0 N–H and O–H groups in total. The third kappa shape index (κ3) is 50.7. The van der Waals surface area contributed by atoms with Gasteiger partial charge in [-0.25, -0.2) is 0 Å². The van der Waals surface area contributed by atoms with Crippen molar-refractivity contribution >= 4 is 17.9 Å². The van der Waals surface area contributed by atoms with Crippen LogP contribution in [0.3, 0.4) is 0 Å². The van der Waals surface area contributed by atoms with Crippen molar-refractivity contribution in [3.05, 3.63) is 24.3 Å². The van der Waals surface area contributed by atoms with E-state index in [1.807, 2.05) is 0 Å². The van der Waals surface area contributed by atoms with Gasteiger partial charge in [-0.3, -0.25) is 14.4 Å². The van der Waals surface area contributed by atoms with E-state index in [2.05, 4.69) is 45.1 Å². The van der Waals surface area contributed by atoms with Crippen LogP contribution in [0.15, 0.2) is 24.3 Å². The van der Waals surface area contributed by atoms with Crippen LogP contribution in [0.4, 0.5) is 0 Å². The zero-order valence-electron chi connectivity index (χ0n) is 42.4. The molecule has 1 unspecified atom stereocenters. The second kappa shape index (κ2) is 52.5. The molecule has 0 amide bonds. The summed E-state index contributed by atoms with van der Waals surface area (Å²) in [6, 6.07) is 0. The molecule has 0 heterocycles. The molecule has 0 rings (SSSR count). The molecule has 0 fully saturated rings. The molecule has 1 atom stereocenters. The lowest BCUT2D eigenvalue weighted by atomic mass is 10.1. The summed E-state index contributed by atoms with van der Waals surface area (Å²) in [5.74, 6) is -0.867. The van der Waals surface area contributed by atoms with Gasteiger partial charge >= 0.3 is 17.9 Å². The Balaban J connectivity index is 4.27. The lowest BCUT2D eigenvalue weighted by Crippen LogP contribution is -2.30. The molecular weight excluding hydrogens is 781 g/mol. The van der Waals surface area contributed by atoms with Crippen LogP contribution in [0.5, 0.6) is 0 Å². The van der Waals surface area contributed by atoms with Crippen LogP contribution in [0.2, 0.25) is 0 Å². The van der Waals surface area contributed by atoms with Crippen LogP contribution in [-0.4, -0.2) is 37.2 Å². The van der Waals surface area contributed by atoms with Crippen molar-refractivity contribution in [2.45, 2.75) is 309 Å². The van der Waals surface area contributed by atoms with Crippen molar-refractivity contribution in [3.8, 4) is 0 Å². The Morgan fingerprint density at radius 1 is 0.302 bits per heavy atom. The Bertz CT molecular complexity index is 1020. The Morgan fingerprint density at radius 3 is 0.794 bits per heavy atom. The normalized spacial score (nSPS) is 12.1. The first-order valence-corrected chi connectivity index (χ1v) is 27.8. The summed E-state index contributed by atoms with van der Waals surface area (Å²) in [7, 11) is 0. The fourth-order valence-corrected chi connectivity index (χ4v) is 8.20. The van der Waals surface area contributed by atoms with Crippen molar-refractivity contribution < 1.29 is 28.6 Å². The number of ether oxygens (including phenoxy) is 3. The van der Waals surface area contributed by atoms with Crippen molar-refractivity contribution in [2.75, 3.05) is 13.2 Å². The van der Waals surface area contributed by atoms with Crippen LogP contribution < -0.4 is 0 Å². The standard InChI is InChI=1S/C57H106O6/c1-4-7-10-13-16-19-21-23-25-27-29-31-33-35-38-41-44-47-50-56(59)62-53-54(52-61-55(58)49-46-43-40-37-18-15-12-9-6-3)63-57(60)51-48-45-42-39-36-34-32-30-28-26-24-22-20-17-14-11-8-5-2/h25-28,54H,4-24,29-53H2,1-3H3/b27-25-,28-26-. The molecule has 0 saturated carbocycles. The number of hydrogen-bond acceptors (Lipinski definition) is 6. The van der Waals surface area contributed by atoms with Crippen molar-refractivity contribution in [1.29, 1.82) is 0 Å². The van der Waals surface area contributed by atoms with Gasteiger partial charge in [-0.15, -0.1) is 0 Å². The van der Waals surface area contributed by atoms with Gasteiger partial charge in [0.2, 0.25) is 0 Å². The van der Waals surface area contributed by atoms with Gasteiger partial charge in [-0.1, -0.05) is 238 Å². The fourth-order valence-electron chi connectivity index (χ4n) is 8.20. The maximum absolute atomic E-state index is 12.8. The minimum Gasteiger partial charge on any atom is -0.462 e. The Hall–Kier alpha value is -2.11. The Labute approximate surface area is 392 Å². The number of unbranched alkanes of at least 4 members (excludes halogenated alkanes) is 36. The van der Waals surface area contributed by atoms with Crippen LogP contribution in [-0.2, 0) is 28.6 Å². The molecule has 370 valence electrons. The van der Waals surface area contributed by atoms with Gasteiger partial charge in [0.25, 0.3) is 0 Å². The van der Waals surface area contributed by atoms with E-state index in [9.17, 15) is 14.4 Å². The van der Waals surface area contributed by atoms with Crippen molar-refractivity contribution in [1.82, 2.24) is 0 Å². The zero-order chi connectivity index (χ0) is 45.8. The largest absolute Gasteiger partial charge is 0.462 e. The third-order valence-electron chi connectivity index (χ3n) is 12.4. The average molecular weight is 887 g/mol. The molecule has 0 aliphatic rings. The predicted molar refractivity (Wildman–Crippen MR) is 270 cm³/mol. The van der Waals surface area contributed by atoms with E-state index in [0.717, 1.165) is 57.8 Å². The quantitative estimate of drug-likeness (QED) is 0.0262. The Morgan fingerprint density at radius 2 is 0.524 bits per heavy atom. The molecule has 0 saturated heterocycles. The second-order valence-corrected chi connectivity index (χ2v) is 18.8. The lowest BCUT2D eigenvalue weighted by molar-refractivity contribution is -0.167.